The summed E-state index contributed by atoms with van der Waals surface area (Å²) < 4.78 is 0. The summed E-state index contributed by atoms with van der Waals surface area (Å²) in [6, 6.07) is 14.8. The van der Waals surface area contributed by atoms with Gasteiger partial charge in [-0.05, 0) is 60.1 Å². The Kier molecular flexibility index (Phi) is 4.20. The van der Waals surface area contributed by atoms with Gasteiger partial charge in [-0.15, -0.1) is 0 Å². The van der Waals surface area contributed by atoms with Gasteiger partial charge in [-0.1, -0.05) is 48.6 Å². The van der Waals surface area contributed by atoms with Crippen molar-refractivity contribution in [2.75, 3.05) is 13.1 Å². The van der Waals surface area contributed by atoms with Gasteiger partial charge >= 0.3 is 0 Å². The number of fused-ring (bicyclic) bond motifs is 1. The molecule has 1 amide bonds. The molecule has 1 N–H and O–H groups in total. The summed E-state index contributed by atoms with van der Waals surface area (Å²) in [6.45, 7) is 7.60. The van der Waals surface area contributed by atoms with E-state index in [-0.39, 0.29) is 5.41 Å². The SMILES string of the molecule is C=C(C)c1ccccc1-c1ccc2c(c1)C(O)C1(CCN(C=O)CC1)C2. The molecule has 0 saturated carbocycles. The average molecular weight is 347 g/mol. The molecule has 3 heteroatoms. The van der Waals surface area contributed by atoms with Crippen molar-refractivity contribution in [3.63, 3.8) is 0 Å². The van der Waals surface area contributed by atoms with E-state index in [1.165, 1.54) is 5.56 Å². The zero-order valence-corrected chi connectivity index (χ0v) is 15.2. The highest BCUT2D eigenvalue weighted by molar-refractivity contribution is 5.80. The van der Waals surface area contributed by atoms with E-state index >= 15 is 0 Å². The number of piperidine rings is 1. The number of aliphatic hydroxyl groups is 1. The number of allylic oxidation sites excluding steroid dienone is 1. The van der Waals surface area contributed by atoms with Crippen LogP contribution in [0, 0.1) is 5.41 Å². The molecule has 2 aromatic carbocycles. The molecule has 1 fully saturated rings. The molecule has 1 aliphatic carbocycles. The summed E-state index contributed by atoms with van der Waals surface area (Å²) >= 11 is 0. The topological polar surface area (TPSA) is 40.5 Å². The molecule has 2 aromatic rings. The fourth-order valence-electron chi connectivity index (χ4n) is 4.62. The van der Waals surface area contributed by atoms with E-state index in [1.54, 1.807) is 0 Å². The first-order valence-electron chi connectivity index (χ1n) is 9.30. The number of rotatable bonds is 3. The fourth-order valence-corrected chi connectivity index (χ4v) is 4.62. The Labute approximate surface area is 155 Å². The lowest BCUT2D eigenvalue weighted by atomic mass is 9.74. The Morgan fingerprint density at radius 3 is 2.65 bits per heavy atom. The summed E-state index contributed by atoms with van der Waals surface area (Å²) in [5, 5.41) is 11.1. The predicted molar refractivity (Wildman–Crippen MR) is 105 cm³/mol. The Morgan fingerprint density at radius 1 is 1.23 bits per heavy atom. The zero-order valence-electron chi connectivity index (χ0n) is 15.2. The van der Waals surface area contributed by atoms with Crippen LogP contribution in [0.4, 0.5) is 0 Å². The van der Waals surface area contributed by atoms with E-state index in [0.29, 0.717) is 0 Å². The minimum absolute atomic E-state index is 0.117. The summed E-state index contributed by atoms with van der Waals surface area (Å²) in [6.07, 6.45) is 3.09. The molecular weight excluding hydrogens is 322 g/mol. The quantitative estimate of drug-likeness (QED) is 0.845. The smallest absolute Gasteiger partial charge is 0.209 e. The Hall–Kier alpha value is -2.39. The van der Waals surface area contributed by atoms with Gasteiger partial charge < -0.3 is 10.0 Å². The van der Waals surface area contributed by atoms with Crippen LogP contribution in [0.15, 0.2) is 49.0 Å². The monoisotopic (exact) mass is 347 g/mol. The molecule has 1 saturated heterocycles. The van der Waals surface area contributed by atoms with Crippen molar-refractivity contribution in [1.82, 2.24) is 4.90 Å². The number of carbonyl (C=O) groups excluding carboxylic acids is 1. The molecule has 26 heavy (non-hydrogen) atoms. The first-order chi connectivity index (χ1) is 12.5. The van der Waals surface area contributed by atoms with Crippen LogP contribution in [0.25, 0.3) is 16.7 Å². The van der Waals surface area contributed by atoms with Gasteiger partial charge in [0.05, 0.1) is 6.10 Å². The van der Waals surface area contributed by atoms with Crippen molar-refractivity contribution < 1.29 is 9.90 Å². The average Bonchev–Trinajstić information content (AvgIpc) is 2.94. The van der Waals surface area contributed by atoms with Crippen LogP contribution in [0.5, 0.6) is 0 Å². The lowest BCUT2D eigenvalue weighted by molar-refractivity contribution is -0.121. The maximum absolute atomic E-state index is 11.1. The lowest BCUT2D eigenvalue weighted by Crippen LogP contribution is -2.41. The van der Waals surface area contributed by atoms with Gasteiger partial charge in [0.25, 0.3) is 0 Å². The van der Waals surface area contributed by atoms with Crippen LogP contribution in [0.1, 0.15) is 42.6 Å². The van der Waals surface area contributed by atoms with Crippen molar-refractivity contribution in [1.29, 1.82) is 0 Å². The predicted octanol–water partition coefficient (Wildman–Crippen LogP) is 4.21. The van der Waals surface area contributed by atoms with E-state index in [1.807, 2.05) is 24.0 Å². The van der Waals surface area contributed by atoms with Gasteiger partial charge in [0, 0.05) is 18.5 Å². The fraction of sp³-hybridized carbons (Fsp3) is 0.348. The molecular formula is C23H25NO2. The largest absolute Gasteiger partial charge is 0.388 e. The minimum Gasteiger partial charge on any atom is -0.388 e. The Balaban J connectivity index is 1.69. The van der Waals surface area contributed by atoms with E-state index in [4.69, 9.17) is 0 Å². The minimum atomic E-state index is -0.455. The summed E-state index contributed by atoms with van der Waals surface area (Å²) in [7, 11) is 0. The highest BCUT2D eigenvalue weighted by atomic mass is 16.3. The molecule has 4 rings (SSSR count). The molecule has 0 radical (unpaired) electrons. The second-order valence-electron chi connectivity index (χ2n) is 7.82. The van der Waals surface area contributed by atoms with E-state index in [9.17, 15) is 9.90 Å². The number of hydrogen-bond acceptors (Lipinski definition) is 2. The number of aliphatic hydroxyl groups excluding tert-OH is 1. The molecule has 2 aliphatic rings. The van der Waals surface area contributed by atoms with Crippen LogP contribution in [0.3, 0.4) is 0 Å². The number of carbonyl (C=O) groups is 1. The number of amides is 1. The maximum atomic E-state index is 11.1. The third-order valence-corrected chi connectivity index (χ3v) is 6.20. The summed E-state index contributed by atoms with van der Waals surface area (Å²) in [5.41, 5.74) is 6.66. The highest BCUT2D eigenvalue weighted by Crippen LogP contribution is 2.52. The summed E-state index contributed by atoms with van der Waals surface area (Å²) in [5.74, 6) is 0. The van der Waals surface area contributed by atoms with E-state index < -0.39 is 6.10 Å². The summed E-state index contributed by atoms with van der Waals surface area (Å²) in [4.78, 5) is 12.8. The second kappa shape index (κ2) is 6.40. The number of hydrogen-bond donors (Lipinski definition) is 1. The van der Waals surface area contributed by atoms with Gasteiger partial charge in [0.15, 0.2) is 0 Å². The van der Waals surface area contributed by atoms with Crippen LogP contribution in [-0.2, 0) is 11.2 Å². The molecule has 0 aromatic heterocycles. The molecule has 1 atom stereocenters. The molecule has 1 spiro atoms. The van der Waals surface area contributed by atoms with E-state index in [0.717, 1.165) is 66.6 Å². The van der Waals surface area contributed by atoms with Gasteiger partial charge in [0.2, 0.25) is 6.41 Å². The van der Waals surface area contributed by atoms with Gasteiger partial charge in [0.1, 0.15) is 0 Å². The third-order valence-electron chi connectivity index (χ3n) is 6.20. The Bertz CT molecular complexity index is 862. The first kappa shape index (κ1) is 17.0. The lowest BCUT2D eigenvalue weighted by Gasteiger charge is -2.40. The van der Waals surface area contributed by atoms with Crippen molar-refractivity contribution in [2.45, 2.75) is 32.3 Å². The van der Waals surface area contributed by atoms with Crippen molar-refractivity contribution in [2.24, 2.45) is 5.41 Å². The number of nitrogens with zero attached hydrogens (tertiary/aromatic N) is 1. The van der Waals surface area contributed by atoms with Crippen molar-refractivity contribution >= 4 is 12.0 Å². The second-order valence-corrected chi connectivity index (χ2v) is 7.82. The highest BCUT2D eigenvalue weighted by Gasteiger charge is 2.46. The van der Waals surface area contributed by atoms with Crippen LogP contribution in [0.2, 0.25) is 0 Å². The zero-order chi connectivity index (χ0) is 18.3. The Morgan fingerprint density at radius 2 is 1.96 bits per heavy atom. The van der Waals surface area contributed by atoms with Gasteiger partial charge in [-0.3, -0.25) is 4.79 Å². The van der Waals surface area contributed by atoms with Crippen LogP contribution >= 0.6 is 0 Å². The normalized spacial score (nSPS) is 20.8. The van der Waals surface area contributed by atoms with Crippen LogP contribution in [-0.4, -0.2) is 29.5 Å². The van der Waals surface area contributed by atoms with Gasteiger partial charge in [-0.25, -0.2) is 0 Å². The third kappa shape index (κ3) is 2.67. The number of likely N-dealkylation sites (tertiary alicyclic amines) is 1. The van der Waals surface area contributed by atoms with E-state index in [2.05, 4.69) is 36.9 Å². The number of benzene rings is 2. The maximum Gasteiger partial charge on any atom is 0.209 e. The molecule has 1 aliphatic heterocycles. The molecule has 3 nitrogen and oxygen atoms in total. The van der Waals surface area contributed by atoms with Gasteiger partial charge in [-0.2, -0.15) is 0 Å². The van der Waals surface area contributed by atoms with Crippen molar-refractivity contribution in [3.05, 3.63) is 65.7 Å². The van der Waals surface area contributed by atoms with Crippen molar-refractivity contribution in [3.8, 4) is 11.1 Å². The van der Waals surface area contributed by atoms with Crippen LogP contribution < -0.4 is 0 Å². The first-order valence-corrected chi connectivity index (χ1v) is 9.30. The molecule has 0 bridgehead atoms. The molecule has 1 heterocycles. The molecule has 134 valence electrons. The standard InChI is InChI=1S/C23H25NO2/c1-16(2)19-5-3-4-6-20(19)17-7-8-18-14-23(22(26)21(18)13-17)9-11-24(15-25)12-10-23/h3-8,13,15,22,26H,1,9-12,14H2,2H3. The molecule has 1 unspecified atom stereocenters.